The molecule has 1 aliphatic heterocycles. The third-order valence-corrected chi connectivity index (χ3v) is 9.02. The number of piperidine rings is 1. The van der Waals surface area contributed by atoms with Gasteiger partial charge in [-0.2, -0.15) is 0 Å². The number of carbonyl (C=O) groups is 2. The highest BCUT2D eigenvalue weighted by Gasteiger charge is 2.33. The van der Waals surface area contributed by atoms with Crippen LogP contribution in [0, 0.1) is 11.8 Å². The van der Waals surface area contributed by atoms with Gasteiger partial charge in [-0.05, 0) is 70.7 Å². The summed E-state index contributed by atoms with van der Waals surface area (Å²) < 4.78 is 29.2. The lowest BCUT2D eigenvalue weighted by Gasteiger charge is -2.36. The molecule has 0 saturated carbocycles. The van der Waals surface area contributed by atoms with E-state index in [9.17, 15) is 18.0 Å². The van der Waals surface area contributed by atoms with Gasteiger partial charge >= 0.3 is 0 Å². The van der Waals surface area contributed by atoms with Gasteiger partial charge in [-0.15, -0.1) is 0 Å². The second kappa shape index (κ2) is 10.6. The van der Waals surface area contributed by atoms with Gasteiger partial charge in [-0.3, -0.25) is 14.3 Å². The smallest absolute Gasteiger partial charge is 0.263 e. The first-order valence-electron chi connectivity index (χ1n) is 11.1. The lowest BCUT2D eigenvalue weighted by Crippen LogP contribution is -2.45. The average Bonchev–Trinajstić information content (AvgIpc) is 2.85. The maximum Gasteiger partial charge on any atom is 0.263 e. The van der Waals surface area contributed by atoms with Crippen molar-refractivity contribution in [3.8, 4) is 0 Å². The normalized spacial score (nSPS) is 18.2. The van der Waals surface area contributed by atoms with Crippen molar-refractivity contribution in [2.45, 2.75) is 18.2 Å². The van der Waals surface area contributed by atoms with E-state index in [1.54, 1.807) is 41.3 Å². The third-order valence-electron chi connectivity index (χ3n) is 6.15. The molecule has 1 fully saturated rings. The van der Waals surface area contributed by atoms with Crippen molar-refractivity contribution < 1.29 is 18.0 Å². The molecule has 0 bridgehead atoms. The molecule has 1 aliphatic rings. The molecule has 2 atom stereocenters. The summed E-state index contributed by atoms with van der Waals surface area (Å²) >= 11 is 6.57. The monoisotopic (exact) mass is 618 g/mol. The van der Waals surface area contributed by atoms with Gasteiger partial charge in [0.05, 0.1) is 0 Å². The Bertz CT molecular complexity index is 1350. The fourth-order valence-electron chi connectivity index (χ4n) is 4.29. The van der Waals surface area contributed by atoms with Gasteiger partial charge < -0.3 is 4.90 Å². The van der Waals surface area contributed by atoms with E-state index in [1.165, 1.54) is 6.07 Å². The van der Waals surface area contributed by atoms with E-state index in [0.717, 1.165) is 0 Å². The average molecular weight is 620 g/mol. The summed E-state index contributed by atoms with van der Waals surface area (Å²) in [5.41, 5.74) is 1.53. The first-order valence-corrected chi connectivity index (χ1v) is 14.2. The number of rotatable bonds is 6. The highest BCUT2D eigenvalue weighted by molar-refractivity contribution is 9.11. The highest BCUT2D eigenvalue weighted by atomic mass is 79.9. The predicted octanol–water partition coefficient (Wildman–Crippen LogP) is 5.99. The van der Waals surface area contributed by atoms with Crippen molar-refractivity contribution in [2.24, 2.45) is 11.8 Å². The minimum absolute atomic E-state index is 0.0372. The Kier molecular flexibility index (Phi) is 7.78. The maximum absolute atomic E-state index is 13.1. The maximum atomic E-state index is 13.1. The number of sulfonamides is 1. The van der Waals surface area contributed by atoms with Crippen molar-refractivity contribution in [1.29, 1.82) is 0 Å². The van der Waals surface area contributed by atoms with Gasteiger partial charge in [0.1, 0.15) is 4.90 Å². The largest absolute Gasteiger partial charge is 0.338 e. The summed E-state index contributed by atoms with van der Waals surface area (Å²) in [5, 5.41) is 0. The van der Waals surface area contributed by atoms with Crippen molar-refractivity contribution in [3.05, 3.63) is 92.9 Å². The molecule has 3 aromatic carbocycles. The highest BCUT2D eigenvalue weighted by Crippen LogP contribution is 2.29. The molecule has 35 heavy (non-hydrogen) atoms. The molecule has 1 saturated heterocycles. The first-order chi connectivity index (χ1) is 16.7. The molecular weight excluding hydrogens is 596 g/mol. The first kappa shape index (κ1) is 25.6. The van der Waals surface area contributed by atoms with Crippen LogP contribution in [0.2, 0.25) is 0 Å². The second-order valence-electron chi connectivity index (χ2n) is 8.61. The number of Topliss-reactive ketones (excluding diaryl/α,β-unsaturated/α-hetero) is 1. The van der Waals surface area contributed by atoms with Gasteiger partial charge in [0, 0.05) is 44.8 Å². The van der Waals surface area contributed by atoms with E-state index < -0.39 is 10.0 Å². The van der Waals surface area contributed by atoms with E-state index >= 15 is 0 Å². The Morgan fingerprint density at radius 1 is 0.943 bits per heavy atom. The number of likely N-dealkylation sites (tertiary alicyclic amines) is 1. The van der Waals surface area contributed by atoms with Gasteiger partial charge in [0.15, 0.2) is 5.78 Å². The number of hydrogen-bond acceptors (Lipinski definition) is 4. The zero-order valence-electron chi connectivity index (χ0n) is 18.9. The molecule has 1 amide bonds. The SMILES string of the molecule is CC1CN(C(=O)c2ccc(NS(=O)(=O)c3cc(Br)ccc3Br)cc2)CCC1C(=O)c1ccccc1. The van der Waals surface area contributed by atoms with Gasteiger partial charge in [0.25, 0.3) is 15.9 Å². The molecule has 182 valence electrons. The molecule has 9 heteroatoms. The molecule has 3 aromatic rings. The number of nitrogens with zero attached hydrogens (tertiary/aromatic N) is 1. The molecule has 0 radical (unpaired) electrons. The second-order valence-corrected chi connectivity index (χ2v) is 12.0. The molecule has 1 heterocycles. The van der Waals surface area contributed by atoms with Crippen LogP contribution in [0.4, 0.5) is 5.69 Å². The van der Waals surface area contributed by atoms with E-state index in [2.05, 4.69) is 36.6 Å². The Balaban J connectivity index is 1.41. The predicted molar refractivity (Wildman–Crippen MR) is 143 cm³/mol. The summed E-state index contributed by atoms with van der Waals surface area (Å²) in [5.74, 6) is -0.0868. The van der Waals surface area contributed by atoms with Crippen LogP contribution in [-0.4, -0.2) is 38.1 Å². The van der Waals surface area contributed by atoms with Crippen LogP contribution in [0.5, 0.6) is 0 Å². The van der Waals surface area contributed by atoms with Crippen LogP contribution in [0.25, 0.3) is 0 Å². The number of benzene rings is 3. The standard InChI is InChI=1S/C26H24Br2N2O4S/c1-17-16-30(14-13-22(17)25(31)18-5-3-2-4-6-18)26(32)19-7-10-21(11-8-19)29-35(33,34)24-15-20(27)9-12-23(24)28/h2-12,15,17,22,29H,13-14,16H2,1H3. The molecular formula is C26H24Br2N2O4S. The van der Waals surface area contributed by atoms with E-state index in [4.69, 9.17) is 0 Å². The minimum Gasteiger partial charge on any atom is -0.338 e. The zero-order chi connectivity index (χ0) is 25.2. The number of hydrogen-bond donors (Lipinski definition) is 1. The Labute approximate surface area is 222 Å². The van der Waals surface area contributed by atoms with Crippen molar-refractivity contribution in [1.82, 2.24) is 4.90 Å². The minimum atomic E-state index is -3.82. The lowest BCUT2D eigenvalue weighted by molar-refractivity contribution is 0.0561. The van der Waals surface area contributed by atoms with Crippen LogP contribution in [0.3, 0.4) is 0 Å². The van der Waals surface area contributed by atoms with Crippen molar-refractivity contribution in [2.75, 3.05) is 17.8 Å². The van der Waals surface area contributed by atoms with Crippen LogP contribution in [0.15, 0.2) is 86.6 Å². The van der Waals surface area contributed by atoms with E-state index in [1.807, 2.05) is 37.3 Å². The Morgan fingerprint density at radius 3 is 2.29 bits per heavy atom. The van der Waals surface area contributed by atoms with Crippen LogP contribution in [0.1, 0.15) is 34.1 Å². The third kappa shape index (κ3) is 5.85. The summed E-state index contributed by atoms with van der Waals surface area (Å²) in [6.07, 6.45) is 0.611. The zero-order valence-corrected chi connectivity index (χ0v) is 22.9. The molecule has 4 rings (SSSR count). The van der Waals surface area contributed by atoms with Gasteiger partial charge in [-0.25, -0.2) is 8.42 Å². The summed E-state index contributed by atoms with van der Waals surface area (Å²) in [7, 11) is -3.82. The van der Waals surface area contributed by atoms with E-state index in [-0.39, 0.29) is 28.4 Å². The fraction of sp³-hybridized carbons (Fsp3) is 0.231. The molecule has 1 N–H and O–H groups in total. The van der Waals surface area contributed by atoms with Crippen molar-refractivity contribution >= 4 is 59.3 Å². The number of ketones is 1. The van der Waals surface area contributed by atoms with Crippen molar-refractivity contribution in [3.63, 3.8) is 0 Å². The number of carbonyl (C=O) groups excluding carboxylic acids is 2. The van der Waals surface area contributed by atoms with Crippen LogP contribution >= 0.6 is 31.9 Å². The number of halogens is 2. The molecule has 0 aliphatic carbocycles. The lowest BCUT2D eigenvalue weighted by atomic mass is 9.81. The molecule has 0 spiro atoms. The fourth-order valence-corrected chi connectivity index (χ4v) is 6.85. The Morgan fingerprint density at radius 2 is 1.63 bits per heavy atom. The van der Waals surface area contributed by atoms with Crippen LogP contribution < -0.4 is 4.72 Å². The topological polar surface area (TPSA) is 83.6 Å². The Hall–Kier alpha value is -2.49. The summed E-state index contributed by atoms with van der Waals surface area (Å²) in [4.78, 5) is 27.8. The van der Waals surface area contributed by atoms with Gasteiger partial charge in [0.2, 0.25) is 0 Å². The molecule has 2 unspecified atom stereocenters. The van der Waals surface area contributed by atoms with Gasteiger partial charge in [-0.1, -0.05) is 53.2 Å². The number of nitrogens with one attached hydrogen (secondary N) is 1. The summed E-state index contributed by atoms with van der Waals surface area (Å²) in [6, 6.07) is 20.5. The van der Waals surface area contributed by atoms with Crippen LogP contribution in [-0.2, 0) is 10.0 Å². The quantitative estimate of drug-likeness (QED) is 0.343. The molecule has 0 aromatic heterocycles. The summed E-state index contributed by atoms with van der Waals surface area (Å²) in [6.45, 7) is 2.99. The molecule has 6 nitrogen and oxygen atoms in total. The van der Waals surface area contributed by atoms with E-state index in [0.29, 0.717) is 45.3 Å². The number of anilines is 1. The number of amides is 1.